The number of halogens is 2. The van der Waals surface area contributed by atoms with E-state index in [4.69, 9.17) is 0 Å². The van der Waals surface area contributed by atoms with E-state index in [1.165, 1.54) is 5.56 Å². The lowest BCUT2D eigenvalue weighted by atomic mass is 10.0. The molecule has 20 heavy (non-hydrogen) atoms. The molecule has 1 amide bonds. The Morgan fingerprint density at radius 1 is 1.35 bits per heavy atom. The van der Waals surface area contributed by atoms with E-state index >= 15 is 0 Å². The minimum absolute atomic E-state index is 0.187. The summed E-state index contributed by atoms with van der Waals surface area (Å²) in [5.74, 6) is 0.187. The summed E-state index contributed by atoms with van der Waals surface area (Å²) in [4.78, 5) is 13.2. The number of carbonyl (C=O) groups is 1. The van der Waals surface area contributed by atoms with E-state index in [9.17, 15) is 4.79 Å². The minimum atomic E-state index is 0.187. The minimum Gasteiger partial charge on any atom is -0.343 e. The summed E-state index contributed by atoms with van der Waals surface area (Å²) in [6.07, 6.45) is 2.05. The van der Waals surface area contributed by atoms with Crippen molar-refractivity contribution in [2.24, 2.45) is 0 Å². The number of carbonyl (C=O) groups excluding carboxylic acids is 1. The van der Waals surface area contributed by atoms with Crippen LogP contribution in [0.25, 0.3) is 0 Å². The SMILES string of the molecule is CC(=O)N1CCC(NC(C)c2ccc(Br)cc2Br)CC1. The van der Waals surface area contributed by atoms with Crippen molar-refractivity contribution >= 4 is 37.8 Å². The zero-order valence-corrected chi connectivity index (χ0v) is 15.0. The number of amides is 1. The van der Waals surface area contributed by atoms with Gasteiger partial charge in [0, 0.05) is 41.0 Å². The number of hydrogen-bond donors (Lipinski definition) is 1. The summed E-state index contributed by atoms with van der Waals surface area (Å²) < 4.78 is 2.20. The number of hydrogen-bond acceptors (Lipinski definition) is 2. The number of piperidine rings is 1. The molecular formula is C15H20Br2N2O. The van der Waals surface area contributed by atoms with Gasteiger partial charge in [-0.1, -0.05) is 37.9 Å². The predicted octanol–water partition coefficient (Wildman–Crippen LogP) is 3.87. The van der Waals surface area contributed by atoms with E-state index in [-0.39, 0.29) is 5.91 Å². The van der Waals surface area contributed by atoms with Crippen LogP contribution < -0.4 is 5.32 Å². The Morgan fingerprint density at radius 2 is 2.00 bits per heavy atom. The summed E-state index contributed by atoms with van der Waals surface area (Å²) >= 11 is 7.09. The fourth-order valence-electron chi connectivity index (χ4n) is 2.66. The second-order valence-corrected chi connectivity index (χ2v) is 7.10. The summed E-state index contributed by atoms with van der Waals surface area (Å²) in [5, 5.41) is 3.67. The van der Waals surface area contributed by atoms with Gasteiger partial charge in [-0.15, -0.1) is 0 Å². The molecule has 1 aliphatic rings. The van der Waals surface area contributed by atoms with E-state index in [2.05, 4.69) is 62.3 Å². The van der Waals surface area contributed by atoms with E-state index in [0.29, 0.717) is 12.1 Å². The van der Waals surface area contributed by atoms with Crippen molar-refractivity contribution in [3.05, 3.63) is 32.7 Å². The van der Waals surface area contributed by atoms with Gasteiger partial charge in [0.1, 0.15) is 0 Å². The molecule has 0 aromatic heterocycles. The maximum atomic E-state index is 11.3. The highest BCUT2D eigenvalue weighted by atomic mass is 79.9. The summed E-state index contributed by atoms with van der Waals surface area (Å²) in [6.45, 7) is 5.56. The van der Waals surface area contributed by atoms with Crippen molar-refractivity contribution in [3.63, 3.8) is 0 Å². The highest BCUT2D eigenvalue weighted by molar-refractivity contribution is 9.11. The van der Waals surface area contributed by atoms with E-state index in [1.54, 1.807) is 6.92 Å². The lowest BCUT2D eigenvalue weighted by Crippen LogP contribution is -2.44. The van der Waals surface area contributed by atoms with Gasteiger partial charge in [0.2, 0.25) is 5.91 Å². The molecule has 2 rings (SSSR count). The Kier molecular flexibility index (Phi) is 5.64. The molecular weight excluding hydrogens is 384 g/mol. The second kappa shape index (κ2) is 7.05. The average Bonchev–Trinajstić information content (AvgIpc) is 2.39. The molecule has 0 radical (unpaired) electrons. The molecule has 1 aliphatic heterocycles. The first-order valence-corrected chi connectivity index (χ1v) is 8.52. The molecule has 0 aliphatic carbocycles. The lowest BCUT2D eigenvalue weighted by molar-refractivity contribution is -0.129. The van der Waals surface area contributed by atoms with Crippen LogP contribution >= 0.6 is 31.9 Å². The Balaban J connectivity index is 1.92. The molecule has 1 heterocycles. The van der Waals surface area contributed by atoms with Crippen LogP contribution in [0, 0.1) is 0 Å². The molecule has 1 saturated heterocycles. The molecule has 110 valence electrons. The van der Waals surface area contributed by atoms with Gasteiger partial charge >= 0.3 is 0 Å². The first-order valence-electron chi connectivity index (χ1n) is 6.94. The van der Waals surface area contributed by atoms with Gasteiger partial charge < -0.3 is 10.2 Å². The number of nitrogens with zero attached hydrogens (tertiary/aromatic N) is 1. The molecule has 1 aromatic carbocycles. The number of nitrogens with one attached hydrogen (secondary N) is 1. The standard InChI is InChI=1S/C15H20Br2N2O/c1-10(14-4-3-12(16)9-15(14)17)18-13-5-7-19(8-6-13)11(2)20/h3-4,9-10,13,18H,5-8H2,1-2H3. The molecule has 0 spiro atoms. The van der Waals surface area contributed by atoms with Crippen molar-refractivity contribution in [3.8, 4) is 0 Å². The molecule has 0 saturated carbocycles. The van der Waals surface area contributed by atoms with Crippen LogP contribution in [0.4, 0.5) is 0 Å². The first-order chi connectivity index (χ1) is 9.47. The van der Waals surface area contributed by atoms with Gasteiger partial charge in [-0.3, -0.25) is 4.79 Å². The third-order valence-corrected chi connectivity index (χ3v) is 5.03. The molecule has 5 heteroatoms. The Bertz CT molecular complexity index is 485. The molecule has 1 fully saturated rings. The quantitative estimate of drug-likeness (QED) is 0.830. The largest absolute Gasteiger partial charge is 0.343 e. The Labute approximate surface area is 137 Å². The Morgan fingerprint density at radius 3 is 2.55 bits per heavy atom. The molecule has 3 nitrogen and oxygen atoms in total. The van der Waals surface area contributed by atoms with Gasteiger partial charge in [0.05, 0.1) is 0 Å². The zero-order valence-electron chi connectivity index (χ0n) is 11.8. The summed E-state index contributed by atoms with van der Waals surface area (Å²) in [5.41, 5.74) is 1.27. The maximum Gasteiger partial charge on any atom is 0.219 e. The highest BCUT2D eigenvalue weighted by Crippen LogP contribution is 2.27. The van der Waals surface area contributed by atoms with Gasteiger partial charge in [-0.2, -0.15) is 0 Å². The van der Waals surface area contributed by atoms with Crippen molar-refractivity contribution in [1.82, 2.24) is 10.2 Å². The van der Waals surface area contributed by atoms with Crippen LogP contribution in [0.2, 0.25) is 0 Å². The van der Waals surface area contributed by atoms with Crippen LogP contribution in [-0.2, 0) is 4.79 Å². The van der Waals surface area contributed by atoms with E-state index in [0.717, 1.165) is 34.9 Å². The van der Waals surface area contributed by atoms with Crippen LogP contribution in [0.3, 0.4) is 0 Å². The molecule has 1 aromatic rings. The summed E-state index contributed by atoms with van der Waals surface area (Å²) in [6, 6.07) is 7.06. The average molecular weight is 404 g/mol. The third kappa shape index (κ3) is 4.06. The number of benzene rings is 1. The summed E-state index contributed by atoms with van der Waals surface area (Å²) in [7, 11) is 0. The lowest BCUT2D eigenvalue weighted by Gasteiger charge is -2.33. The van der Waals surface area contributed by atoms with Crippen molar-refractivity contribution in [1.29, 1.82) is 0 Å². The van der Waals surface area contributed by atoms with Crippen LogP contribution in [0.1, 0.15) is 38.3 Å². The van der Waals surface area contributed by atoms with Gasteiger partial charge in [-0.05, 0) is 37.5 Å². The highest BCUT2D eigenvalue weighted by Gasteiger charge is 2.22. The predicted molar refractivity (Wildman–Crippen MR) is 88.7 cm³/mol. The molecule has 0 bridgehead atoms. The topological polar surface area (TPSA) is 32.3 Å². The monoisotopic (exact) mass is 402 g/mol. The fraction of sp³-hybridized carbons (Fsp3) is 0.533. The van der Waals surface area contributed by atoms with Crippen LogP contribution in [-0.4, -0.2) is 29.9 Å². The maximum absolute atomic E-state index is 11.3. The smallest absolute Gasteiger partial charge is 0.219 e. The normalized spacial score (nSPS) is 18.1. The molecule has 1 unspecified atom stereocenters. The van der Waals surface area contributed by atoms with Gasteiger partial charge in [0.25, 0.3) is 0 Å². The van der Waals surface area contributed by atoms with E-state index in [1.807, 2.05) is 4.90 Å². The zero-order chi connectivity index (χ0) is 14.7. The first kappa shape index (κ1) is 16.0. The number of rotatable bonds is 3. The van der Waals surface area contributed by atoms with Crippen LogP contribution in [0.15, 0.2) is 27.1 Å². The third-order valence-electron chi connectivity index (χ3n) is 3.85. The van der Waals surface area contributed by atoms with E-state index < -0.39 is 0 Å². The van der Waals surface area contributed by atoms with Crippen molar-refractivity contribution in [2.45, 2.75) is 38.8 Å². The fourth-order valence-corrected chi connectivity index (χ4v) is 4.05. The van der Waals surface area contributed by atoms with Crippen molar-refractivity contribution in [2.75, 3.05) is 13.1 Å². The van der Waals surface area contributed by atoms with Crippen LogP contribution in [0.5, 0.6) is 0 Å². The second-order valence-electron chi connectivity index (χ2n) is 5.33. The molecule has 1 N–H and O–H groups in total. The number of likely N-dealkylation sites (tertiary alicyclic amines) is 1. The van der Waals surface area contributed by atoms with Crippen molar-refractivity contribution < 1.29 is 4.79 Å². The molecule has 1 atom stereocenters. The van der Waals surface area contributed by atoms with Gasteiger partial charge in [-0.25, -0.2) is 0 Å². The van der Waals surface area contributed by atoms with Gasteiger partial charge in [0.15, 0.2) is 0 Å². The Hall–Kier alpha value is -0.390.